The molecular formula is C7H9ClN4O4S2. The van der Waals surface area contributed by atoms with Crippen LogP contribution in [-0.2, 0) is 20.2 Å². The number of hydrogen-bond donors (Lipinski definition) is 4. The molecule has 0 aromatic heterocycles. The van der Waals surface area contributed by atoms with Crippen LogP contribution in [0.15, 0.2) is 17.0 Å². The van der Waals surface area contributed by atoms with Crippen LogP contribution >= 0.6 is 11.6 Å². The molecule has 1 heterocycles. The second-order valence-electron chi connectivity index (χ2n) is 3.48. The zero-order valence-electron chi connectivity index (χ0n) is 8.77. The molecular weight excluding hydrogens is 304 g/mol. The maximum atomic E-state index is 11.7. The third-order valence-electron chi connectivity index (χ3n) is 2.15. The summed E-state index contributed by atoms with van der Waals surface area (Å²) in [4.78, 5) is -0.107. The second-order valence-corrected chi connectivity index (χ2v) is 6.91. The fraction of sp³-hybridized carbons (Fsp3) is 0.143. The molecule has 0 unspecified atom stereocenters. The van der Waals surface area contributed by atoms with Crippen molar-refractivity contribution in [2.45, 2.75) is 4.90 Å². The predicted molar refractivity (Wildman–Crippen MR) is 67.0 cm³/mol. The van der Waals surface area contributed by atoms with E-state index in [2.05, 4.69) is 10.0 Å². The van der Waals surface area contributed by atoms with Crippen LogP contribution in [0.5, 0.6) is 0 Å². The highest BCUT2D eigenvalue weighted by atomic mass is 35.5. The lowest BCUT2D eigenvalue weighted by molar-refractivity contribution is 0.581. The Morgan fingerprint density at radius 3 is 2.67 bits per heavy atom. The fourth-order valence-corrected chi connectivity index (χ4v) is 3.30. The number of rotatable bonds is 2. The highest BCUT2D eigenvalue weighted by Gasteiger charge is 2.25. The Kier molecular flexibility index (Phi) is 3.15. The van der Waals surface area contributed by atoms with E-state index in [4.69, 9.17) is 16.7 Å². The molecule has 2 rings (SSSR count). The van der Waals surface area contributed by atoms with Crippen LogP contribution < -0.4 is 19.9 Å². The van der Waals surface area contributed by atoms with Crippen molar-refractivity contribution < 1.29 is 16.8 Å². The summed E-state index contributed by atoms with van der Waals surface area (Å²) in [5, 5.41) is 7.60. The van der Waals surface area contributed by atoms with Gasteiger partial charge in [-0.1, -0.05) is 11.6 Å². The summed E-state index contributed by atoms with van der Waals surface area (Å²) in [7, 11) is -7.72. The molecule has 0 radical (unpaired) electrons. The van der Waals surface area contributed by atoms with Gasteiger partial charge in [-0.2, -0.15) is 13.1 Å². The molecule has 1 aliphatic rings. The van der Waals surface area contributed by atoms with Gasteiger partial charge in [0.2, 0.25) is 10.0 Å². The van der Waals surface area contributed by atoms with Crippen LogP contribution in [0.1, 0.15) is 0 Å². The summed E-state index contributed by atoms with van der Waals surface area (Å²) in [6.45, 7) is 0.0353. The summed E-state index contributed by atoms with van der Waals surface area (Å²) in [6.07, 6.45) is 0. The fourth-order valence-electron chi connectivity index (χ4n) is 1.45. The van der Waals surface area contributed by atoms with Crippen molar-refractivity contribution in [1.29, 1.82) is 0 Å². The van der Waals surface area contributed by atoms with E-state index >= 15 is 0 Å². The Balaban J connectivity index is 2.59. The van der Waals surface area contributed by atoms with Gasteiger partial charge in [-0.15, -0.1) is 0 Å². The largest absolute Gasteiger partial charge is 0.370 e. The Labute approximate surface area is 109 Å². The van der Waals surface area contributed by atoms with E-state index in [0.29, 0.717) is 5.69 Å². The second kappa shape index (κ2) is 4.24. The van der Waals surface area contributed by atoms with Crippen LogP contribution in [0.25, 0.3) is 0 Å². The first-order chi connectivity index (χ1) is 8.19. The average molecular weight is 313 g/mol. The van der Waals surface area contributed by atoms with E-state index in [1.807, 2.05) is 4.72 Å². The number of sulfonamides is 1. The van der Waals surface area contributed by atoms with Crippen molar-refractivity contribution in [1.82, 2.24) is 4.72 Å². The lowest BCUT2D eigenvalue weighted by Crippen LogP contribution is -2.34. The third kappa shape index (κ3) is 2.67. The van der Waals surface area contributed by atoms with Gasteiger partial charge in [-0.25, -0.2) is 13.6 Å². The standard InChI is InChI=1S/C7H9ClN4O4S2/c8-4-1-6-7(17(13,14)11-3-10-6)2-5(4)12-18(9,15)16/h1-2,10-12H,3H2,(H2,9,15,16). The minimum absolute atomic E-state index is 0.0346. The van der Waals surface area contributed by atoms with E-state index in [9.17, 15) is 16.8 Å². The highest BCUT2D eigenvalue weighted by molar-refractivity contribution is 7.90. The number of fused-ring (bicyclic) bond motifs is 1. The predicted octanol–water partition coefficient (Wildman–Crippen LogP) is -0.383. The minimum Gasteiger partial charge on any atom is -0.370 e. The number of hydrogen-bond acceptors (Lipinski definition) is 5. The van der Waals surface area contributed by atoms with E-state index in [1.54, 1.807) is 0 Å². The molecule has 0 saturated heterocycles. The van der Waals surface area contributed by atoms with Crippen molar-refractivity contribution in [2.75, 3.05) is 16.7 Å². The van der Waals surface area contributed by atoms with Gasteiger partial charge in [-0.3, -0.25) is 4.72 Å². The van der Waals surface area contributed by atoms with Gasteiger partial charge in [0.15, 0.2) is 0 Å². The molecule has 0 fully saturated rings. The number of nitrogens with two attached hydrogens (primary N) is 1. The van der Waals surface area contributed by atoms with Gasteiger partial charge in [0, 0.05) is 0 Å². The minimum atomic E-state index is -4.03. The summed E-state index contributed by atoms with van der Waals surface area (Å²) < 4.78 is 49.4. The van der Waals surface area contributed by atoms with Crippen molar-refractivity contribution in [2.24, 2.45) is 5.14 Å². The first kappa shape index (κ1) is 13.4. The number of benzene rings is 1. The monoisotopic (exact) mass is 312 g/mol. The lowest BCUT2D eigenvalue weighted by Gasteiger charge is -2.20. The Bertz CT molecular complexity index is 700. The normalized spacial score (nSPS) is 17.7. The molecule has 0 bridgehead atoms. The van der Waals surface area contributed by atoms with Crippen molar-refractivity contribution in [3.63, 3.8) is 0 Å². The smallest absolute Gasteiger partial charge is 0.296 e. The number of anilines is 2. The van der Waals surface area contributed by atoms with Crippen LogP contribution in [0.2, 0.25) is 5.02 Å². The zero-order chi connectivity index (χ0) is 13.6. The van der Waals surface area contributed by atoms with Crippen LogP contribution in [-0.4, -0.2) is 23.5 Å². The van der Waals surface area contributed by atoms with Gasteiger partial charge in [0.1, 0.15) is 4.90 Å². The van der Waals surface area contributed by atoms with E-state index < -0.39 is 20.2 Å². The molecule has 0 amide bonds. The summed E-state index contributed by atoms with van der Waals surface area (Å²) in [5.74, 6) is 0. The molecule has 11 heteroatoms. The summed E-state index contributed by atoms with van der Waals surface area (Å²) >= 11 is 5.82. The summed E-state index contributed by atoms with van der Waals surface area (Å²) in [5.41, 5.74) is 0.186. The molecule has 1 aromatic rings. The van der Waals surface area contributed by atoms with Crippen molar-refractivity contribution in [3.05, 3.63) is 17.2 Å². The maximum absolute atomic E-state index is 11.7. The first-order valence-electron chi connectivity index (χ1n) is 4.57. The van der Waals surface area contributed by atoms with Crippen LogP contribution in [0.3, 0.4) is 0 Å². The Morgan fingerprint density at radius 2 is 2.06 bits per heavy atom. The van der Waals surface area contributed by atoms with Gasteiger partial charge in [-0.05, 0) is 12.1 Å². The number of halogens is 1. The quantitative estimate of drug-likeness (QED) is 0.591. The van der Waals surface area contributed by atoms with Gasteiger partial charge in [0.25, 0.3) is 10.2 Å². The molecule has 8 nitrogen and oxygen atoms in total. The summed E-state index contributed by atoms with van der Waals surface area (Å²) in [6, 6.07) is 2.40. The third-order valence-corrected chi connectivity index (χ3v) is 4.41. The molecule has 1 aromatic carbocycles. The molecule has 18 heavy (non-hydrogen) atoms. The average Bonchev–Trinajstić information content (AvgIpc) is 2.18. The molecule has 0 saturated carbocycles. The molecule has 0 spiro atoms. The van der Waals surface area contributed by atoms with Crippen molar-refractivity contribution in [3.8, 4) is 0 Å². The van der Waals surface area contributed by atoms with E-state index in [-0.39, 0.29) is 22.3 Å². The zero-order valence-corrected chi connectivity index (χ0v) is 11.2. The molecule has 0 atom stereocenters. The molecule has 100 valence electrons. The van der Waals surface area contributed by atoms with Crippen LogP contribution in [0, 0.1) is 0 Å². The maximum Gasteiger partial charge on any atom is 0.296 e. The van der Waals surface area contributed by atoms with Crippen LogP contribution in [0.4, 0.5) is 11.4 Å². The SMILES string of the molecule is NS(=O)(=O)Nc1cc2c(cc1Cl)NCNS2(=O)=O. The molecule has 1 aliphatic heterocycles. The van der Waals surface area contributed by atoms with Crippen molar-refractivity contribution >= 4 is 43.2 Å². The molecule has 0 aliphatic carbocycles. The highest BCUT2D eigenvalue weighted by Crippen LogP contribution is 2.33. The Hall–Kier alpha value is -1.07. The van der Waals surface area contributed by atoms with E-state index in [1.165, 1.54) is 6.07 Å². The number of nitrogens with one attached hydrogen (secondary N) is 3. The van der Waals surface area contributed by atoms with Gasteiger partial charge in [0.05, 0.1) is 23.1 Å². The lowest BCUT2D eigenvalue weighted by atomic mass is 10.3. The Morgan fingerprint density at radius 1 is 1.39 bits per heavy atom. The molecule has 5 N–H and O–H groups in total. The van der Waals surface area contributed by atoms with Gasteiger partial charge < -0.3 is 5.32 Å². The van der Waals surface area contributed by atoms with Gasteiger partial charge >= 0.3 is 0 Å². The first-order valence-corrected chi connectivity index (χ1v) is 7.97. The van der Waals surface area contributed by atoms with E-state index in [0.717, 1.165) is 6.07 Å². The topological polar surface area (TPSA) is 130 Å².